The van der Waals surface area contributed by atoms with Gasteiger partial charge in [0, 0.05) is 55.1 Å². The molecule has 0 saturated carbocycles. The average Bonchev–Trinajstić information content (AvgIpc) is 3.94. The zero-order chi connectivity index (χ0) is 33.5. The summed E-state index contributed by atoms with van der Waals surface area (Å²) < 4.78 is 7.43. The quantitative estimate of drug-likeness (QED) is 0.254. The lowest BCUT2D eigenvalue weighted by molar-refractivity contribution is -0.132. The molecule has 2 saturated heterocycles. The number of carbonyl (C=O) groups is 2. The van der Waals surface area contributed by atoms with Crippen LogP contribution >= 0.6 is 0 Å². The van der Waals surface area contributed by atoms with Gasteiger partial charge in [0.15, 0.2) is 0 Å². The second kappa shape index (κ2) is 12.6. The molecule has 3 aromatic heterocycles. The highest BCUT2D eigenvalue weighted by atomic mass is 16.5. The van der Waals surface area contributed by atoms with Gasteiger partial charge in [-0.15, -0.1) is 5.10 Å². The highest BCUT2D eigenvalue weighted by Gasteiger charge is 2.51. The molecule has 2 amide bonds. The van der Waals surface area contributed by atoms with Crippen molar-refractivity contribution in [2.45, 2.75) is 39.2 Å². The number of nitrogens with one attached hydrogen (secondary N) is 1. The van der Waals surface area contributed by atoms with Crippen LogP contribution in [0.5, 0.6) is 5.88 Å². The molecular weight excluding hydrogens is 618 g/mol. The molecule has 12 nitrogen and oxygen atoms in total. The van der Waals surface area contributed by atoms with Gasteiger partial charge in [0.25, 0.3) is 0 Å². The summed E-state index contributed by atoms with van der Waals surface area (Å²) in [5, 5.41) is 16.5. The molecule has 1 atom stereocenters. The second-order valence-electron chi connectivity index (χ2n) is 13.5. The van der Waals surface area contributed by atoms with Crippen LogP contribution in [0.2, 0.25) is 0 Å². The standard InChI is InChI=1S/C37H39N9O3/c1-25(2)49-33-10-5-28(22-38-33)35-31-21-30(8-9-32(31)40-41-35)45-19-14-37(36(45)48)13-18-43(24-37)23-34(47)44-16-11-27(12-17-44)26-3-6-29(7-4-26)46-20-15-39-42-46/h3-11,15,20-22,25H,12-14,16-19,23-24H2,1-2H3,(H,40,41)/t37-/m1/s1. The number of rotatable bonds is 8. The summed E-state index contributed by atoms with van der Waals surface area (Å²) >= 11 is 0. The minimum absolute atomic E-state index is 0.0458. The number of hydrogen-bond donors (Lipinski definition) is 1. The molecule has 1 N–H and O–H groups in total. The number of fused-ring (bicyclic) bond motifs is 1. The SMILES string of the molecule is CC(C)Oc1ccc(-c2n[nH]c3ccc(N4CC[C@@]5(CCN(CC(=O)N6CC=C(c7ccc(-n8ccnn8)cc7)CC6)C5)C4=O)cc23)cn1. The van der Waals surface area contributed by atoms with Gasteiger partial charge in [-0.2, -0.15) is 5.10 Å². The average molecular weight is 658 g/mol. The molecule has 5 aromatic rings. The van der Waals surface area contributed by atoms with Crippen LogP contribution in [0.3, 0.4) is 0 Å². The van der Waals surface area contributed by atoms with Crippen LogP contribution in [-0.4, -0.2) is 97.2 Å². The summed E-state index contributed by atoms with van der Waals surface area (Å²) in [6, 6.07) is 18.1. The molecule has 0 radical (unpaired) electrons. The van der Waals surface area contributed by atoms with E-state index in [1.807, 2.05) is 72.3 Å². The van der Waals surface area contributed by atoms with E-state index in [9.17, 15) is 9.59 Å². The van der Waals surface area contributed by atoms with Gasteiger partial charge in [-0.25, -0.2) is 9.67 Å². The van der Waals surface area contributed by atoms with Gasteiger partial charge >= 0.3 is 0 Å². The molecule has 250 valence electrons. The van der Waals surface area contributed by atoms with Crippen LogP contribution in [0.1, 0.15) is 38.7 Å². The number of likely N-dealkylation sites (tertiary alicyclic amines) is 1. The molecule has 0 bridgehead atoms. The first-order chi connectivity index (χ1) is 23.8. The highest BCUT2D eigenvalue weighted by molar-refractivity contribution is 6.03. The van der Waals surface area contributed by atoms with Crippen LogP contribution < -0.4 is 9.64 Å². The summed E-state index contributed by atoms with van der Waals surface area (Å²) in [5.74, 6) is 0.834. The first-order valence-corrected chi connectivity index (χ1v) is 16.9. The number of hydrogen-bond acceptors (Lipinski definition) is 8. The molecular formula is C37H39N9O3. The molecule has 8 rings (SSSR count). The Bertz CT molecular complexity index is 2020. The summed E-state index contributed by atoms with van der Waals surface area (Å²) in [7, 11) is 0. The van der Waals surface area contributed by atoms with E-state index in [1.54, 1.807) is 17.1 Å². The lowest BCUT2D eigenvalue weighted by Gasteiger charge is -2.29. The number of amides is 2. The number of pyridine rings is 1. The van der Waals surface area contributed by atoms with Gasteiger partial charge < -0.3 is 14.5 Å². The first kappa shape index (κ1) is 30.9. The Morgan fingerprint density at radius 3 is 2.55 bits per heavy atom. The molecule has 0 aliphatic carbocycles. The van der Waals surface area contributed by atoms with Crippen molar-refractivity contribution < 1.29 is 14.3 Å². The van der Waals surface area contributed by atoms with Gasteiger partial charge in [0.05, 0.1) is 41.7 Å². The third-order valence-electron chi connectivity index (χ3n) is 10.0. The topological polar surface area (TPSA) is 125 Å². The third-order valence-corrected chi connectivity index (χ3v) is 10.0. The van der Waals surface area contributed by atoms with Gasteiger partial charge in [-0.3, -0.25) is 19.6 Å². The van der Waals surface area contributed by atoms with E-state index in [0.717, 1.165) is 64.9 Å². The van der Waals surface area contributed by atoms with E-state index in [2.05, 4.69) is 48.6 Å². The summed E-state index contributed by atoms with van der Waals surface area (Å²) in [6.45, 7) is 7.56. The van der Waals surface area contributed by atoms with E-state index in [1.165, 1.54) is 5.57 Å². The number of benzene rings is 2. The molecule has 12 heteroatoms. The van der Waals surface area contributed by atoms with E-state index in [4.69, 9.17) is 4.74 Å². The van der Waals surface area contributed by atoms with Crippen molar-refractivity contribution in [1.82, 2.24) is 40.0 Å². The largest absolute Gasteiger partial charge is 0.475 e. The Morgan fingerprint density at radius 1 is 1.00 bits per heavy atom. The van der Waals surface area contributed by atoms with Crippen LogP contribution in [0, 0.1) is 5.41 Å². The zero-order valence-electron chi connectivity index (χ0n) is 27.7. The van der Waals surface area contributed by atoms with Crippen molar-refractivity contribution in [3.63, 3.8) is 0 Å². The Balaban J connectivity index is 0.894. The van der Waals surface area contributed by atoms with Crippen molar-refractivity contribution in [2.75, 3.05) is 44.2 Å². The smallest absolute Gasteiger partial charge is 0.237 e. The Morgan fingerprint density at radius 2 is 1.82 bits per heavy atom. The fraction of sp³-hybridized carbons (Fsp3) is 0.351. The van der Waals surface area contributed by atoms with E-state index in [-0.39, 0.29) is 17.9 Å². The maximum absolute atomic E-state index is 14.0. The molecule has 3 aliphatic heterocycles. The normalized spacial score (nSPS) is 19.8. The number of nitrogens with zero attached hydrogens (tertiary/aromatic N) is 8. The highest BCUT2D eigenvalue weighted by Crippen LogP contribution is 2.43. The van der Waals surface area contributed by atoms with Gasteiger partial charge in [-0.05, 0) is 87.2 Å². The van der Waals surface area contributed by atoms with E-state index < -0.39 is 5.41 Å². The van der Waals surface area contributed by atoms with Crippen molar-refractivity contribution >= 4 is 34.0 Å². The number of H-pyrrole nitrogens is 1. The van der Waals surface area contributed by atoms with Crippen molar-refractivity contribution in [3.05, 3.63) is 84.8 Å². The summed E-state index contributed by atoms with van der Waals surface area (Å²) in [5.41, 5.74) is 6.33. The zero-order valence-corrected chi connectivity index (χ0v) is 27.7. The van der Waals surface area contributed by atoms with Crippen LogP contribution in [-0.2, 0) is 9.59 Å². The number of aromatic amines is 1. The Hall–Kier alpha value is -5.36. The number of carbonyl (C=O) groups excluding carboxylic acids is 2. The second-order valence-corrected chi connectivity index (χ2v) is 13.5. The van der Waals surface area contributed by atoms with Crippen LogP contribution in [0.4, 0.5) is 5.69 Å². The van der Waals surface area contributed by atoms with Crippen LogP contribution in [0.25, 0.3) is 33.4 Å². The maximum atomic E-state index is 14.0. The minimum Gasteiger partial charge on any atom is -0.475 e. The maximum Gasteiger partial charge on any atom is 0.237 e. The summed E-state index contributed by atoms with van der Waals surface area (Å²) in [6.07, 6.45) is 9.80. The lowest BCUT2D eigenvalue weighted by Crippen LogP contribution is -2.43. The molecule has 2 fully saturated rings. The van der Waals surface area contributed by atoms with Crippen molar-refractivity contribution in [1.29, 1.82) is 0 Å². The monoisotopic (exact) mass is 657 g/mol. The Kier molecular flexibility index (Phi) is 7.95. The third kappa shape index (κ3) is 5.97. The van der Waals surface area contributed by atoms with Crippen molar-refractivity contribution in [2.24, 2.45) is 5.41 Å². The first-order valence-electron chi connectivity index (χ1n) is 16.9. The number of aromatic nitrogens is 6. The molecule has 0 unspecified atom stereocenters. The molecule has 6 heterocycles. The predicted octanol–water partition coefficient (Wildman–Crippen LogP) is 4.74. The molecule has 49 heavy (non-hydrogen) atoms. The Labute approximate surface area is 284 Å². The van der Waals surface area contributed by atoms with Crippen LogP contribution in [0.15, 0.2) is 79.3 Å². The molecule has 2 aromatic carbocycles. The minimum atomic E-state index is -0.460. The number of anilines is 1. The fourth-order valence-corrected chi connectivity index (χ4v) is 7.38. The van der Waals surface area contributed by atoms with Crippen molar-refractivity contribution in [3.8, 4) is 22.8 Å². The summed E-state index contributed by atoms with van der Waals surface area (Å²) in [4.78, 5) is 37.9. The molecule has 3 aliphatic rings. The van der Waals surface area contributed by atoms with Gasteiger partial charge in [0.2, 0.25) is 17.7 Å². The fourth-order valence-electron chi connectivity index (χ4n) is 7.38. The number of ether oxygens (including phenoxy) is 1. The van der Waals surface area contributed by atoms with Gasteiger partial charge in [-0.1, -0.05) is 23.4 Å². The van der Waals surface area contributed by atoms with Gasteiger partial charge in [0.1, 0.15) is 5.69 Å². The predicted molar refractivity (Wildman–Crippen MR) is 186 cm³/mol. The van der Waals surface area contributed by atoms with E-state index in [0.29, 0.717) is 38.6 Å². The molecule has 1 spiro atoms. The lowest BCUT2D eigenvalue weighted by atomic mass is 9.85. The van der Waals surface area contributed by atoms with E-state index >= 15 is 0 Å².